The predicted molar refractivity (Wildman–Crippen MR) is 129 cm³/mol. The second kappa shape index (κ2) is 10.2. The number of amides is 2. The lowest BCUT2D eigenvalue weighted by atomic mass is 10.1. The molecule has 0 saturated heterocycles. The molecule has 33 heavy (non-hydrogen) atoms. The van der Waals surface area contributed by atoms with Gasteiger partial charge in [0.05, 0.1) is 0 Å². The summed E-state index contributed by atoms with van der Waals surface area (Å²) in [5.41, 5.74) is 4.74. The van der Waals surface area contributed by atoms with E-state index in [9.17, 15) is 9.59 Å². The van der Waals surface area contributed by atoms with Gasteiger partial charge in [-0.2, -0.15) is 0 Å². The van der Waals surface area contributed by atoms with Crippen LogP contribution in [0, 0.1) is 6.92 Å². The van der Waals surface area contributed by atoms with Crippen LogP contribution in [0.1, 0.15) is 15.9 Å². The number of hydrogen-bond donors (Lipinski definition) is 2. The van der Waals surface area contributed by atoms with Crippen molar-refractivity contribution in [1.82, 2.24) is 4.98 Å². The summed E-state index contributed by atoms with van der Waals surface area (Å²) in [6.45, 7) is 1.83. The molecule has 0 atom stereocenters. The van der Waals surface area contributed by atoms with E-state index in [2.05, 4.69) is 15.6 Å². The molecule has 0 radical (unpaired) electrons. The van der Waals surface area contributed by atoms with Crippen LogP contribution in [0.5, 0.6) is 5.75 Å². The summed E-state index contributed by atoms with van der Waals surface area (Å²) in [5, 5.41) is 5.68. The van der Waals surface area contributed by atoms with Crippen LogP contribution in [-0.4, -0.2) is 23.4 Å². The van der Waals surface area contributed by atoms with Gasteiger partial charge in [-0.25, -0.2) is 0 Å². The molecule has 2 N–H and O–H groups in total. The zero-order chi connectivity index (χ0) is 23.0. The third kappa shape index (κ3) is 5.83. The highest BCUT2D eigenvalue weighted by molar-refractivity contribution is 6.05. The lowest BCUT2D eigenvalue weighted by Gasteiger charge is -2.10. The summed E-state index contributed by atoms with van der Waals surface area (Å²) in [7, 11) is 0. The van der Waals surface area contributed by atoms with E-state index in [1.807, 2.05) is 67.6 Å². The number of carbonyl (C=O) groups excluding carboxylic acids is 2. The molecule has 0 unspecified atom stereocenters. The normalized spacial score (nSPS) is 10.3. The number of pyridine rings is 1. The Morgan fingerprint density at radius 2 is 1.55 bits per heavy atom. The van der Waals surface area contributed by atoms with Crippen molar-refractivity contribution < 1.29 is 14.3 Å². The molecule has 3 aromatic carbocycles. The first-order valence-electron chi connectivity index (χ1n) is 10.5. The number of rotatable bonds is 7. The Morgan fingerprint density at radius 1 is 0.788 bits per heavy atom. The third-order valence-corrected chi connectivity index (χ3v) is 5.02. The van der Waals surface area contributed by atoms with Crippen molar-refractivity contribution in [3.05, 3.63) is 108 Å². The SMILES string of the molecule is Cc1ccccc1OCC(=O)Nc1ccc(C(=O)Nc2cccc(-c3ccncc3)c2)cc1. The summed E-state index contributed by atoms with van der Waals surface area (Å²) in [4.78, 5) is 28.9. The van der Waals surface area contributed by atoms with Crippen LogP contribution >= 0.6 is 0 Å². The molecule has 0 bridgehead atoms. The molecule has 0 aliphatic carbocycles. The highest BCUT2D eigenvalue weighted by Gasteiger charge is 2.09. The number of nitrogens with zero attached hydrogens (tertiary/aromatic N) is 1. The highest BCUT2D eigenvalue weighted by atomic mass is 16.5. The number of benzene rings is 3. The fourth-order valence-corrected chi connectivity index (χ4v) is 3.29. The molecule has 2 amide bonds. The Hall–Kier alpha value is -4.45. The van der Waals surface area contributed by atoms with E-state index in [-0.39, 0.29) is 18.4 Å². The summed E-state index contributed by atoms with van der Waals surface area (Å²) in [6.07, 6.45) is 3.46. The minimum Gasteiger partial charge on any atom is -0.483 e. The van der Waals surface area contributed by atoms with Gasteiger partial charge in [0, 0.05) is 29.3 Å². The minimum absolute atomic E-state index is 0.0963. The van der Waals surface area contributed by atoms with E-state index in [0.29, 0.717) is 22.7 Å². The van der Waals surface area contributed by atoms with Gasteiger partial charge in [0.15, 0.2) is 6.61 Å². The lowest BCUT2D eigenvalue weighted by Crippen LogP contribution is -2.20. The Kier molecular flexibility index (Phi) is 6.75. The zero-order valence-corrected chi connectivity index (χ0v) is 18.1. The van der Waals surface area contributed by atoms with Gasteiger partial charge in [0.1, 0.15) is 5.75 Å². The molecular formula is C27H23N3O3. The number of hydrogen-bond acceptors (Lipinski definition) is 4. The Labute approximate surface area is 192 Å². The monoisotopic (exact) mass is 437 g/mol. The van der Waals surface area contributed by atoms with E-state index in [0.717, 1.165) is 16.7 Å². The molecule has 0 aliphatic heterocycles. The molecule has 164 valence electrons. The fourth-order valence-electron chi connectivity index (χ4n) is 3.29. The van der Waals surface area contributed by atoms with E-state index < -0.39 is 0 Å². The molecule has 1 aromatic heterocycles. The topological polar surface area (TPSA) is 80.3 Å². The molecule has 0 spiro atoms. The molecule has 0 saturated carbocycles. The molecule has 4 rings (SSSR count). The van der Waals surface area contributed by atoms with Crippen LogP contribution in [0.2, 0.25) is 0 Å². The van der Waals surface area contributed by atoms with Crippen LogP contribution in [0.3, 0.4) is 0 Å². The fraction of sp³-hybridized carbons (Fsp3) is 0.0741. The summed E-state index contributed by atoms with van der Waals surface area (Å²) < 4.78 is 5.56. The zero-order valence-electron chi connectivity index (χ0n) is 18.1. The maximum absolute atomic E-state index is 12.7. The Balaban J connectivity index is 1.34. The van der Waals surface area contributed by atoms with Crippen molar-refractivity contribution in [2.24, 2.45) is 0 Å². The molecule has 6 nitrogen and oxygen atoms in total. The van der Waals surface area contributed by atoms with Crippen LogP contribution < -0.4 is 15.4 Å². The number of aryl methyl sites for hydroxylation is 1. The summed E-state index contributed by atoms with van der Waals surface area (Å²) in [6, 6.07) is 25.7. The number of carbonyl (C=O) groups is 2. The summed E-state index contributed by atoms with van der Waals surface area (Å²) >= 11 is 0. The van der Waals surface area contributed by atoms with E-state index in [1.165, 1.54) is 0 Å². The maximum atomic E-state index is 12.7. The average molecular weight is 437 g/mol. The standard InChI is InChI=1S/C27H23N3O3/c1-19-5-2-3-8-25(19)33-18-26(31)29-23-11-9-21(10-12-23)27(32)30-24-7-4-6-22(17-24)20-13-15-28-16-14-20/h2-17H,18H2,1H3,(H,29,31)(H,30,32). The number of ether oxygens (including phenoxy) is 1. The van der Waals surface area contributed by atoms with E-state index in [4.69, 9.17) is 4.74 Å². The molecule has 1 heterocycles. The van der Waals surface area contributed by atoms with Gasteiger partial charge in [-0.1, -0.05) is 30.3 Å². The molecule has 6 heteroatoms. The van der Waals surface area contributed by atoms with Crippen molar-refractivity contribution in [3.8, 4) is 16.9 Å². The van der Waals surface area contributed by atoms with Crippen LogP contribution in [0.4, 0.5) is 11.4 Å². The van der Waals surface area contributed by atoms with Gasteiger partial charge >= 0.3 is 0 Å². The average Bonchev–Trinajstić information content (AvgIpc) is 2.85. The third-order valence-electron chi connectivity index (χ3n) is 5.02. The number of aromatic nitrogens is 1. The van der Waals surface area contributed by atoms with Gasteiger partial charge in [-0.05, 0) is 78.2 Å². The van der Waals surface area contributed by atoms with Gasteiger partial charge in [0.2, 0.25) is 0 Å². The quantitative estimate of drug-likeness (QED) is 0.410. The highest BCUT2D eigenvalue weighted by Crippen LogP contribution is 2.22. The second-order valence-corrected chi connectivity index (χ2v) is 7.45. The minimum atomic E-state index is -0.275. The Bertz CT molecular complexity index is 1260. The smallest absolute Gasteiger partial charge is 0.262 e. The predicted octanol–water partition coefficient (Wildman–Crippen LogP) is 5.33. The van der Waals surface area contributed by atoms with Crippen molar-refractivity contribution in [3.63, 3.8) is 0 Å². The van der Waals surface area contributed by atoms with Crippen molar-refractivity contribution >= 4 is 23.2 Å². The first kappa shape index (κ1) is 21.8. The van der Waals surface area contributed by atoms with Crippen LogP contribution in [-0.2, 0) is 4.79 Å². The maximum Gasteiger partial charge on any atom is 0.262 e. The Morgan fingerprint density at radius 3 is 2.30 bits per heavy atom. The van der Waals surface area contributed by atoms with Crippen molar-refractivity contribution in [2.45, 2.75) is 6.92 Å². The van der Waals surface area contributed by atoms with Crippen LogP contribution in [0.15, 0.2) is 97.3 Å². The number of nitrogens with one attached hydrogen (secondary N) is 2. The second-order valence-electron chi connectivity index (χ2n) is 7.45. The number of para-hydroxylation sites is 1. The molecular weight excluding hydrogens is 414 g/mol. The molecule has 0 aliphatic rings. The first-order valence-corrected chi connectivity index (χ1v) is 10.5. The molecule has 0 fully saturated rings. The summed E-state index contributed by atoms with van der Waals surface area (Å²) in [5.74, 6) is 0.165. The largest absolute Gasteiger partial charge is 0.483 e. The van der Waals surface area contributed by atoms with Crippen molar-refractivity contribution in [2.75, 3.05) is 17.2 Å². The van der Waals surface area contributed by atoms with E-state index >= 15 is 0 Å². The van der Waals surface area contributed by atoms with Gasteiger partial charge in [-0.15, -0.1) is 0 Å². The van der Waals surface area contributed by atoms with Crippen molar-refractivity contribution in [1.29, 1.82) is 0 Å². The van der Waals surface area contributed by atoms with E-state index in [1.54, 1.807) is 36.7 Å². The van der Waals surface area contributed by atoms with Crippen LogP contribution in [0.25, 0.3) is 11.1 Å². The molecule has 4 aromatic rings. The number of anilines is 2. The van der Waals surface area contributed by atoms with Gasteiger partial charge in [0.25, 0.3) is 11.8 Å². The first-order chi connectivity index (χ1) is 16.1. The van der Waals surface area contributed by atoms with Gasteiger partial charge < -0.3 is 15.4 Å². The lowest BCUT2D eigenvalue weighted by molar-refractivity contribution is -0.118. The van der Waals surface area contributed by atoms with Gasteiger partial charge in [-0.3, -0.25) is 14.6 Å².